The summed E-state index contributed by atoms with van der Waals surface area (Å²) >= 11 is 0. The fourth-order valence-corrected chi connectivity index (χ4v) is 2.04. The van der Waals surface area contributed by atoms with E-state index in [1.807, 2.05) is 0 Å². The van der Waals surface area contributed by atoms with E-state index in [0.29, 0.717) is 24.3 Å². The van der Waals surface area contributed by atoms with E-state index in [2.05, 4.69) is 10.2 Å². The molecule has 6 nitrogen and oxygen atoms in total. The zero-order valence-corrected chi connectivity index (χ0v) is 14.7. The molecule has 0 aliphatic rings. The summed E-state index contributed by atoms with van der Waals surface area (Å²) < 4.78 is 9.85. The average Bonchev–Trinajstić information content (AvgIpc) is 2.66. The number of esters is 2. The summed E-state index contributed by atoms with van der Waals surface area (Å²) in [5.74, 6) is -0.694. The Kier molecular flexibility index (Phi) is 7.24. The highest BCUT2D eigenvalue weighted by Crippen LogP contribution is 2.06. The highest BCUT2D eigenvalue weighted by Gasteiger charge is 2.05. The monoisotopic (exact) mass is 352 g/mol. The third kappa shape index (κ3) is 5.66. The lowest BCUT2D eigenvalue weighted by molar-refractivity contribution is 0.0516. The minimum absolute atomic E-state index is 0.345. The van der Waals surface area contributed by atoms with Gasteiger partial charge in [0.15, 0.2) is 0 Å². The van der Waals surface area contributed by atoms with E-state index in [1.165, 1.54) is 0 Å². The van der Waals surface area contributed by atoms with Crippen molar-refractivity contribution in [2.24, 2.45) is 10.2 Å². The van der Waals surface area contributed by atoms with E-state index in [9.17, 15) is 9.59 Å². The van der Waals surface area contributed by atoms with Crippen molar-refractivity contribution in [3.63, 3.8) is 0 Å². The first-order chi connectivity index (χ1) is 12.6. The molecule has 0 fully saturated rings. The van der Waals surface area contributed by atoms with Crippen LogP contribution in [0.3, 0.4) is 0 Å². The minimum Gasteiger partial charge on any atom is -0.462 e. The van der Waals surface area contributed by atoms with E-state index < -0.39 is 0 Å². The SMILES string of the molecule is CCOC(=O)c1ccc(/C=N/N=C/c2ccc(C(=O)OCC)cc2)cc1. The summed E-state index contributed by atoms with van der Waals surface area (Å²) in [5, 5.41) is 7.94. The molecular formula is C20H20N2O4. The molecule has 0 spiro atoms. The molecule has 0 aliphatic heterocycles. The molecule has 134 valence electrons. The molecule has 2 rings (SSSR count). The number of hydrogen-bond acceptors (Lipinski definition) is 6. The van der Waals surface area contributed by atoms with Crippen molar-refractivity contribution in [3.8, 4) is 0 Å². The van der Waals surface area contributed by atoms with Crippen LogP contribution in [0.2, 0.25) is 0 Å². The van der Waals surface area contributed by atoms with Gasteiger partial charge in [-0.25, -0.2) is 9.59 Å². The number of ether oxygens (including phenoxy) is 2. The maximum Gasteiger partial charge on any atom is 0.338 e. The molecule has 2 aromatic rings. The molecule has 0 N–H and O–H groups in total. The van der Waals surface area contributed by atoms with Gasteiger partial charge in [0.1, 0.15) is 0 Å². The molecule has 0 saturated carbocycles. The summed E-state index contributed by atoms with van der Waals surface area (Å²) in [6.07, 6.45) is 3.16. The molecule has 0 unspecified atom stereocenters. The van der Waals surface area contributed by atoms with Crippen LogP contribution in [0.25, 0.3) is 0 Å². The minimum atomic E-state index is -0.347. The van der Waals surface area contributed by atoms with Crippen LogP contribution < -0.4 is 0 Å². The van der Waals surface area contributed by atoms with Gasteiger partial charge in [-0.3, -0.25) is 0 Å². The van der Waals surface area contributed by atoms with Gasteiger partial charge in [0, 0.05) is 0 Å². The van der Waals surface area contributed by atoms with Gasteiger partial charge in [0.2, 0.25) is 0 Å². The molecule has 0 bridgehead atoms. The lowest BCUT2D eigenvalue weighted by Gasteiger charge is -2.01. The molecule has 0 heterocycles. The zero-order chi connectivity index (χ0) is 18.8. The Labute approximate surface area is 152 Å². The van der Waals surface area contributed by atoms with E-state index >= 15 is 0 Å². The van der Waals surface area contributed by atoms with Gasteiger partial charge in [0.05, 0.1) is 36.8 Å². The van der Waals surface area contributed by atoms with Crippen molar-refractivity contribution in [1.82, 2.24) is 0 Å². The van der Waals surface area contributed by atoms with Gasteiger partial charge in [-0.15, -0.1) is 0 Å². The van der Waals surface area contributed by atoms with Crippen LogP contribution in [-0.4, -0.2) is 37.6 Å². The van der Waals surface area contributed by atoms with E-state index in [1.54, 1.807) is 74.8 Å². The third-order valence-corrected chi connectivity index (χ3v) is 3.32. The van der Waals surface area contributed by atoms with Crippen molar-refractivity contribution >= 4 is 24.4 Å². The summed E-state index contributed by atoms with van der Waals surface area (Å²) in [6, 6.07) is 13.8. The first kappa shape index (κ1) is 19.1. The molecule has 6 heteroatoms. The predicted molar refractivity (Wildman–Crippen MR) is 100.0 cm³/mol. The van der Waals surface area contributed by atoms with Gasteiger partial charge in [0.25, 0.3) is 0 Å². The van der Waals surface area contributed by atoms with Gasteiger partial charge >= 0.3 is 11.9 Å². The molecule has 0 aliphatic carbocycles. The number of rotatable bonds is 7. The van der Waals surface area contributed by atoms with Gasteiger partial charge in [-0.2, -0.15) is 10.2 Å². The third-order valence-electron chi connectivity index (χ3n) is 3.32. The number of hydrogen-bond donors (Lipinski definition) is 0. The van der Waals surface area contributed by atoms with Gasteiger partial charge in [-0.1, -0.05) is 24.3 Å². The Morgan fingerprint density at radius 2 is 1.08 bits per heavy atom. The molecule has 0 atom stereocenters. The molecule has 0 radical (unpaired) electrons. The molecule has 0 amide bonds. The second-order valence-corrected chi connectivity index (χ2v) is 5.17. The van der Waals surface area contributed by atoms with Crippen molar-refractivity contribution in [2.45, 2.75) is 13.8 Å². The van der Waals surface area contributed by atoms with Crippen LogP contribution >= 0.6 is 0 Å². The molecular weight excluding hydrogens is 332 g/mol. The number of benzene rings is 2. The largest absolute Gasteiger partial charge is 0.462 e. The summed E-state index contributed by atoms with van der Waals surface area (Å²) in [7, 11) is 0. The molecule has 2 aromatic carbocycles. The van der Waals surface area contributed by atoms with Crippen LogP contribution in [0.1, 0.15) is 45.7 Å². The maximum atomic E-state index is 11.6. The molecule has 0 saturated heterocycles. The summed E-state index contributed by atoms with van der Waals surface area (Å²) in [6.45, 7) is 4.22. The second-order valence-electron chi connectivity index (χ2n) is 5.17. The van der Waals surface area contributed by atoms with Crippen molar-refractivity contribution in [1.29, 1.82) is 0 Å². The lowest BCUT2D eigenvalue weighted by atomic mass is 10.1. The van der Waals surface area contributed by atoms with Crippen LogP contribution in [0, 0.1) is 0 Å². The fraction of sp³-hybridized carbons (Fsp3) is 0.200. The van der Waals surface area contributed by atoms with E-state index in [-0.39, 0.29) is 11.9 Å². The standard InChI is InChI=1S/C20H20N2O4/c1-3-25-19(23)17-9-5-15(6-10-17)13-21-22-14-16-7-11-18(12-8-16)20(24)26-4-2/h5-14H,3-4H2,1-2H3/b21-13+,22-14+. The number of nitrogens with zero attached hydrogens (tertiary/aromatic N) is 2. The van der Waals surface area contributed by atoms with Gasteiger partial charge < -0.3 is 9.47 Å². The van der Waals surface area contributed by atoms with Crippen LogP contribution in [0.15, 0.2) is 58.7 Å². The Balaban J connectivity index is 1.93. The Morgan fingerprint density at radius 3 is 1.38 bits per heavy atom. The topological polar surface area (TPSA) is 77.3 Å². The number of carbonyl (C=O) groups is 2. The Bertz CT molecular complexity index is 724. The van der Waals surface area contributed by atoms with Crippen LogP contribution in [0.5, 0.6) is 0 Å². The van der Waals surface area contributed by atoms with Gasteiger partial charge in [-0.05, 0) is 49.2 Å². The van der Waals surface area contributed by atoms with Crippen molar-refractivity contribution in [2.75, 3.05) is 13.2 Å². The number of carbonyl (C=O) groups excluding carboxylic acids is 2. The first-order valence-corrected chi connectivity index (χ1v) is 8.24. The highest BCUT2D eigenvalue weighted by molar-refractivity contribution is 5.91. The average molecular weight is 352 g/mol. The lowest BCUT2D eigenvalue weighted by Crippen LogP contribution is -2.04. The van der Waals surface area contributed by atoms with Crippen LogP contribution in [-0.2, 0) is 9.47 Å². The first-order valence-electron chi connectivity index (χ1n) is 8.24. The summed E-state index contributed by atoms with van der Waals surface area (Å²) in [4.78, 5) is 23.1. The Morgan fingerprint density at radius 1 is 0.731 bits per heavy atom. The Hall–Kier alpha value is -3.28. The van der Waals surface area contributed by atoms with Crippen molar-refractivity contribution in [3.05, 3.63) is 70.8 Å². The predicted octanol–water partition coefficient (Wildman–Crippen LogP) is 3.49. The van der Waals surface area contributed by atoms with E-state index in [4.69, 9.17) is 9.47 Å². The normalized spacial score (nSPS) is 11.0. The fourth-order valence-electron chi connectivity index (χ4n) is 2.04. The van der Waals surface area contributed by atoms with Crippen LogP contribution in [0.4, 0.5) is 0 Å². The quantitative estimate of drug-likeness (QED) is 0.434. The molecule has 26 heavy (non-hydrogen) atoms. The summed E-state index contributed by atoms with van der Waals surface area (Å²) in [5.41, 5.74) is 2.61. The maximum absolute atomic E-state index is 11.6. The van der Waals surface area contributed by atoms with E-state index in [0.717, 1.165) is 11.1 Å². The smallest absolute Gasteiger partial charge is 0.338 e. The highest BCUT2D eigenvalue weighted by atomic mass is 16.5. The molecule has 0 aromatic heterocycles. The van der Waals surface area contributed by atoms with Crippen molar-refractivity contribution < 1.29 is 19.1 Å². The zero-order valence-electron chi connectivity index (χ0n) is 14.7. The second kappa shape index (κ2) is 9.88.